The number of thiazole rings is 1. The van der Waals surface area contributed by atoms with Crippen LogP contribution in [-0.4, -0.2) is 19.6 Å². The summed E-state index contributed by atoms with van der Waals surface area (Å²) in [7, 11) is 0. The molecule has 0 saturated carbocycles. The predicted molar refractivity (Wildman–Crippen MR) is 138 cm³/mol. The monoisotopic (exact) mass is 597 g/mol. The second-order valence-corrected chi connectivity index (χ2v) is 10.2. The van der Waals surface area contributed by atoms with Crippen LogP contribution in [0, 0.1) is 3.70 Å². The minimum Gasteiger partial charge on any atom is -0.506 e. The first kappa shape index (κ1) is 24.7. The third-order valence-electron chi connectivity index (χ3n) is 5.52. The number of hydrogen-bond donors (Lipinski definition) is 1. The van der Waals surface area contributed by atoms with Crippen LogP contribution in [0.4, 0.5) is 13.2 Å². The quantitative estimate of drug-likeness (QED) is 0.168. The lowest BCUT2D eigenvalue weighted by Gasteiger charge is -2.08. The summed E-state index contributed by atoms with van der Waals surface area (Å²) < 4.78 is 42.0. The van der Waals surface area contributed by atoms with Crippen molar-refractivity contribution in [3.63, 3.8) is 0 Å². The minimum atomic E-state index is -4.36. The Morgan fingerprint density at radius 1 is 1.15 bits per heavy atom. The number of hydrogen-bond acceptors (Lipinski definition) is 4. The van der Waals surface area contributed by atoms with Gasteiger partial charge in [0, 0.05) is 22.2 Å². The van der Waals surface area contributed by atoms with E-state index in [1.165, 1.54) is 23.5 Å². The molecule has 34 heavy (non-hydrogen) atoms. The highest BCUT2D eigenvalue weighted by Crippen LogP contribution is 2.35. The molecule has 0 bridgehead atoms. The number of unbranched alkanes of at least 4 members (excludes halogenated alkanes) is 1. The number of alkyl halides is 3. The fourth-order valence-corrected chi connectivity index (χ4v) is 5.56. The summed E-state index contributed by atoms with van der Waals surface area (Å²) in [5.74, 6) is 0.145. The van der Waals surface area contributed by atoms with Crippen molar-refractivity contribution in [2.45, 2.75) is 45.3 Å². The van der Waals surface area contributed by atoms with Crippen LogP contribution in [0.15, 0.2) is 49.1 Å². The standard InChI is InChI=1S/C25H23F3IN3OS/c1-3-5-7-19-21(34-24(31-19)15-8-10-17(11-9-15)25(26,27)28)14-32-22(29)13-16-12-20(33)18(6-4-2)30-23(16)32/h4,8-13,33H,2-3,5-7,14H2,1H3. The maximum atomic E-state index is 13.0. The molecule has 0 atom stereocenters. The van der Waals surface area contributed by atoms with E-state index in [9.17, 15) is 18.3 Å². The Morgan fingerprint density at radius 3 is 2.53 bits per heavy atom. The highest BCUT2D eigenvalue weighted by molar-refractivity contribution is 14.1. The number of aryl methyl sites for hydroxylation is 1. The van der Waals surface area contributed by atoms with Gasteiger partial charge in [-0.1, -0.05) is 31.6 Å². The number of aromatic hydroxyl groups is 1. The molecule has 0 aliphatic rings. The first-order valence-electron chi connectivity index (χ1n) is 10.9. The summed E-state index contributed by atoms with van der Waals surface area (Å²) in [6, 6.07) is 8.86. The van der Waals surface area contributed by atoms with Gasteiger partial charge < -0.3 is 9.67 Å². The van der Waals surface area contributed by atoms with Crippen molar-refractivity contribution >= 4 is 45.0 Å². The van der Waals surface area contributed by atoms with Crippen LogP contribution in [-0.2, 0) is 25.6 Å². The summed E-state index contributed by atoms with van der Waals surface area (Å²) in [6.45, 7) is 6.39. The number of allylic oxidation sites excluding steroid dienone is 1. The van der Waals surface area contributed by atoms with Gasteiger partial charge in [0.2, 0.25) is 0 Å². The fourth-order valence-electron chi connectivity index (χ4n) is 3.73. The zero-order valence-electron chi connectivity index (χ0n) is 18.5. The van der Waals surface area contributed by atoms with Crippen LogP contribution < -0.4 is 0 Å². The maximum absolute atomic E-state index is 13.0. The molecule has 0 spiro atoms. The highest BCUT2D eigenvalue weighted by Gasteiger charge is 2.30. The molecular weight excluding hydrogens is 574 g/mol. The van der Waals surface area contributed by atoms with E-state index in [4.69, 9.17) is 4.98 Å². The van der Waals surface area contributed by atoms with Gasteiger partial charge in [-0.3, -0.25) is 0 Å². The number of aromatic nitrogens is 3. The normalized spacial score (nSPS) is 11.9. The van der Waals surface area contributed by atoms with Crippen LogP contribution in [0.25, 0.3) is 21.6 Å². The van der Waals surface area contributed by atoms with Gasteiger partial charge in [0.05, 0.1) is 27.2 Å². The first-order chi connectivity index (χ1) is 16.2. The van der Waals surface area contributed by atoms with Crippen molar-refractivity contribution in [3.8, 4) is 16.3 Å². The Balaban J connectivity index is 1.73. The van der Waals surface area contributed by atoms with Gasteiger partial charge in [-0.15, -0.1) is 17.9 Å². The topological polar surface area (TPSA) is 50.9 Å². The van der Waals surface area contributed by atoms with E-state index in [1.807, 2.05) is 6.07 Å². The molecule has 3 aromatic heterocycles. The number of fused-ring (bicyclic) bond motifs is 1. The average Bonchev–Trinajstić information content (AvgIpc) is 3.33. The van der Waals surface area contributed by atoms with Crippen molar-refractivity contribution in [1.82, 2.24) is 14.5 Å². The third-order valence-corrected chi connectivity index (χ3v) is 7.54. The SMILES string of the molecule is C=CCc1nc2c(cc1O)cc(I)n2Cc1sc(-c2ccc(C(F)(F)F)cc2)nc1CCCC. The van der Waals surface area contributed by atoms with E-state index in [0.29, 0.717) is 29.2 Å². The van der Waals surface area contributed by atoms with Crippen molar-refractivity contribution in [2.75, 3.05) is 0 Å². The van der Waals surface area contributed by atoms with Crippen LogP contribution >= 0.6 is 33.9 Å². The van der Waals surface area contributed by atoms with Crippen molar-refractivity contribution in [3.05, 3.63) is 74.6 Å². The lowest BCUT2D eigenvalue weighted by molar-refractivity contribution is -0.137. The van der Waals surface area contributed by atoms with Crippen LogP contribution in [0.1, 0.15) is 41.6 Å². The number of nitrogens with zero attached hydrogens (tertiary/aromatic N) is 3. The number of benzene rings is 1. The molecule has 4 rings (SSSR count). The van der Waals surface area contributed by atoms with E-state index >= 15 is 0 Å². The largest absolute Gasteiger partial charge is 0.506 e. The van der Waals surface area contributed by atoms with E-state index < -0.39 is 11.7 Å². The molecule has 4 nitrogen and oxygen atoms in total. The zero-order valence-corrected chi connectivity index (χ0v) is 21.5. The van der Waals surface area contributed by atoms with Crippen LogP contribution in [0.2, 0.25) is 0 Å². The summed E-state index contributed by atoms with van der Waals surface area (Å²) in [5.41, 5.74) is 2.30. The van der Waals surface area contributed by atoms with E-state index in [-0.39, 0.29) is 5.75 Å². The van der Waals surface area contributed by atoms with Gasteiger partial charge >= 0.3 is 6.18 Å². The number of halogens is 4. The molecule has 3 heterocycles. The molecule has 0 unspecified atom stereocenters. The summed E-state index contributed by atoms with van der Waals surface area (Å²) in [4.78, 5) is 10.5. The molecule has 1 N–H and O–H groups in total. The molecule has 0 aliphatic heterocycles. The fraction of sp³-hybridized carbons (Fsp3) is 0.280. The molecular formula is C25H23F3IN3OS. The average molecular weight is 597 g/mol. The smallest absolute Gasteiger partial charge is 0.416 e. The number of pyridine rings is 1. The molecule has 178 valence electrons. The summed E-state index contributed by atoms with van der Waals surface area (Å²) in [5, 5.41) is 11.8. The van der Waals surface area contributed by atoms with Crippen molar-refractivity contribution in [2.24, 2.45) is 0 Å². The van der Waals surface area contributed by atoms with Gasteiger partial charge in [0.1, 0.15) is 16.4 Å². The van der Waals surface area contributed by atoms with Gasteiger partial charge in [-0.25, -0.2) is 9.97 Å². The molecule has 0 aliphatic carbocycles. The highest BCUT2D eigenvalue weighted by atomic mass is 127. The summed E-state index contributed by atoms with van der Waals surface area (Å²) in [6.07, 6.45) is 0.592. The number of rotatable bonds is 8. The Hall–Kier alpha value is -2.40. The third kappa shape index (κ3) is 5.14. The van der Waals surface area contributed by atoms with Gasteiger partial charge in [0.15, 0.2) is 0 Å². The van der Waals surface area contributed by atoms with E-state index in [1.54, 1.807) is 12.1 Å². The van der Waals surface area contributed by atoms with Crippen LogP contribution in [0.5, 0.6) is 5.75 Å². The molecule has 0 saturated heterocycles. The lowest BCUT2D eigenvalue weighted by Crippen LogP contribution is -2.04. The van der Waals surface area contributed by atoms with Gasteiger partial charge in [0.25, 0.3) is 0 Å². The Bertz CT molecular complexity index is 1330. The molecule has 1 aromatic carbocycles. The molecule has 0 radical (unpaired) electrons. The maximum Gasteiger partial charge on any atom is 0.416 e. The van der Waals surface area contributed by atoms with E-state index in [2.05, 4.69) is 45.6 Å². The molecule has 4 aromatic rings. The minimum absolute atomic E-state index is 0.145. The predicted octanol–water partition coefficient (Wildman–Crippen LogP) is 7.61. The van der Waals surface area contributed by atoms with Crippen molar-refractivity contribution < 1.29 is 18.3 Å². The second kappa shape index (κ2) is 10.1. The second-order valence-electron chi connectivity index (χ2n) is 7.98. The van der Waals surface area contributed by atoms with E-state index in [0.717, 1.165) is 56.7 Å². The lowest BCUT2D eigenvalue weighted by atomic mass is 10.1. The first-order valence-corrected chi connectivity index (χ1v) is 12.8. The van der Waals surface area contributed by atoms with Gasteiger partial charge in [-0.2, -0.15) is 13.2 Å². The van der Waals surface area contributed by atoms with Crippen molar-refractivity contribution in [1.29, 1.82) is 0 Å². The summed E-state index contributed by atoms with van der Waals surface area (Å²) >= 11 is 3.75. The zero-order chi connectivity index (χ0) is 24.5. The van der Waals surface area contributed by atoms with Crippen LogP contribution in [0.3, 0.4) is 0 Å². The molecule has 0 fully saturated rings. The Labute approximate surface area is 213 Å². The molecule has 0 amide bonds. The van der Waals surface area contributed by atoms with Gasteiger partial charge in [-0.05, 0) is 59.7 Å². The Kier molecular flexibility index (Phi) is 7.32. The molecule has 9 heteroatoms. The Morgan fingerprint density at radius 2 is 1.88 bits per heavy atom.